The van der Waals surface area contributed by atoms with Crippen molar-refractivity contribution in [2.24, 2.45) is 0 Å². The summed E-state index contributed by atoms with van der Waals surface area (Å²) in [6.07, 6.45) is 2.41. The highest BCUT2D eigenvalue weighted by Crippen LogP contribution is 2.45. The molecule has 0 N–H and O–H groups in total. The standard InChI is InChI=1S/C17H16O4S2/c1-3-5-6-9-11-13(19)12(18)10-7-8-22-14(10)16(11)23-15(9)17(20)21-4-2/h7-8H,3-6H2,1-2H3. The van der Waals surface area contributed by atoms with E-state index in [1.807, 2.05) is 6.92 Å². The van der Waals surface area contributed by atoms with Crippen LogP contribution in [0.3, 0.4) is 0 Å². The minimum Gasteiger partial charge on any atom is -0.462 e. The molecule has 0 unspecified atom stereocenters. The van der Waals surface area contributed by atoms with Crippen molar-refractivity contribution in [1.82, 2.24) is 0 Å². The Morgan fingerprint density at radius 1 is 1.17 bits per heavy atom. The zero-order chi connectivity index (χ0) is 16.6. The first-order chi connectivity index (χ1) is 11.1. The number of Topliss-reactive ketones (excluding diaryl/α,β-unsaturated/α-hetero) is 2. The number of unbranched alkanes of at least 4 members (excludes halogenated alkanes) is 1. The van der Waals surface area contributed by atoms with Crippen molar-refractivity contribution >= 4 is 40.2 Å². The van der Waals surface area contributed by atoms with E-state index >= 15 is 0 Å². The van der Waals surface area contributed by atoms with Crippen molar-refractivity contribution in [2.45, 2.75) is 33.1 Å². The fraction of sp³-hybridized carbons (Fsp3) is 0.353. The molecule has 6 heteroatoms. The second kappa shape index (κ2) is 6.37. The summed E-state index contributed by atoms with van der Waals surface area (Å²) in [5.74, 6) is -1.38. The van der Waals surface area contributed by atoms with E-state index < -0.39 is 17.5 Å². The molecule has 0 aliphatic heterocycles. The van der Waals surface area contributed by atoms with Gasteiger partial charge in [0, 0.05) is 11.1 Å². The minimum absolute atomic E-state index is 0.283. The fourth-order valence-electron chi connectivity index (χ4n) is 2.72. The van der Waals surface area contributed by atoms with Gasteiger partial charge in [0.2, 0.25) is 11.6 Å². The number of hydrogen-bond donors (Lipinski definition) is 0. The SMILES string of the molecule is CCCCc1c(C(=O)OCC)sc2c1C(=O)C(=O)c1ccsc1-2. The van der Waals surface area contributed by atoms with E-state index in [1.165, 1.54) is 22.7 Å². The average molecular weight is 348 g/mol. The summed E-state index contributed by atoms with van der Waals surface area (Å²) in [7, 11) is 0. The Bertz CT molecular complexity index is 798. The maximum absolute atomic E-state index is 12.6. The molecule has 0 atom stereocenters. The predicted octanol–water partition coefficient (Wildman–Crippen LogP) is 4.37. The highest BCUT2D eigenvalue weighted by Gasteiger charge is 2.37. The molecule has 0 saturated heterocycles. The summed E-state index contributed by atoms with van der Waals surface area (Å²) in [6.45, 7) is 4.09. The molecule has 120 valence electrons. The molecule has 0 bridgehead atoms. The van der Waals surface area contributed by atoms with Gasteiger partial charge in [0.25, 0.3) is 0 Å². The van der Waals surface area contributed by atoms with Crippen molar-refractivity contribution in [3.8, 4) is 9.75 Å². The molecule has 0 aromatic carbocycles. The second-order valence-electron chi connectivity index (χ2n) is 5.26. The van der Waals surface area contributed by atoms with Crippen LogP contribution in [0.4, 0.5) is 0 Å². The Morgan fingerprint density at radius 2 is 1.96 bits per heavy atom. The van der Waals surface area contributed by atoms with E-state index in [0.717, 1.165) is 22.6 Å². The maximum Gasteiger partial charge on any atom is 0.348 e. The topological polar surface area (TPSA) is 60.4 Å². The second-order valence-corrected chi connectivity index (χ2v) is 7.20. The van der Waals surface area contributed by atoms with E-state index in [-0.39, 0.29) is 6.61 Å². The Labute approximate surface area is 142 Å². The van der Waals surface area contributed by atoms with Gasteiger partial charge in [0.15, 0.2) is 0 Å². The van der Waals surface area contributed by atoms with Crippen molar-refractivity contribution in [3.63, 3.8) is 0 Å². The Kier molecular flexibility index (Phi) is 4.46. The van der Waals surface area contributed by atoms with Crippen LogP contribution in [-0.2, 0) is 11.2 Å². The van der Waals surface area contributed by atoms with E-state index in [9.17, 15) is 14.4 Å². The Hall–Kier alpha value is -1.79. The van der Waals surface area contributed by atoms with E-state index in [0.29, 0.717) is 28.0 Å². The lowest BCUT2D eigenvalue weighted by Gasteiger charge is -2.11. The molecule has 0 radical (unpaired) electrons. The summed E-state index contributed by atoms with van der Waals surface area (Å²) in [5.41, 5.74) is 1.56. The molecule has 2 aromatic heterocycles. The zero-order valence-electron chi connectivity index (χ0n) is 12.9. The molecule has 23 heavy (non-hydrogen) atoms. The number of ketones is 2. The molecule has 0 saturated carbocycles. The quantitative estimate of drug-likeness (QED) is 0.594. The molecule has 4 nitrogen and oxygen atoms in total. The monoisotopic (exact) mass is 348 g/mol. The lowest BCUT2D eigenvalue weighted by molar-refractivity contribution is 0.0530. The molecule has 0 amide bonds. The molecular formula is C17H16O4S2. The van der Waals surface area contributed by atoms with Gasteiger partial charge in [-0.2, -0.15) is 0 Å². The molecule has 0 spiro atoms. The van der Waals surface area contributed by atoms with Crippen LogP contribution < -0.4 is 0 Å². The largest absolute Gasteiger partial charge is 0.462 e. The number of hydrogen-bond acceptors (Lipinski definition) is 6. The van der Waals surface area contributed by atoms with E-state index in [2.05, 4.69) is 0 Å². The van der Waals surface area contributed by atoms with Crippen LogP contribution >= 0.6 is 22.7 Å². The van der Waals surface area contributed by atoms with Gasteiger partial charge < -0.3 is 4.74 Å². The fourth-order valence-corrected chi connectivity index (χ4v) is 5.02. The molecule has 2 heterocycles. The van der Waals surface area contributed by atoms with Gasteiger partial charge in [-0.15, -0.1) is 22.7 Å². The normalized spacial score (nSPS) is 13.0. The number of ether oxygens (including phenoxy) is 1. The highest BCUT2D eigenvalue weighted by atomic mass is 32.1. The third kappa shape index (κ3) is 2.56. The third-order valence-electron chi connectivity index (χ3n) is 3.80. The van der Waals surface area contributed by atoms with Gasteiger partial charge in [-0.3, -0.25) is 9.59 Å². The van der Waals surface area contributed by atoms with Gasteiger partial charge in [-0.1, -0.05) is 13.3 Å². The Balaban J connectivity index is 2.21. The summed E-state index contributed by atoms with van der Waals surface area (Å²) >= 11 is 2.71. The van der Waals surface area contributed by atoms with Gasteiger partial charge in [0.1, 0.15) is 4.88 Å². The summed E-state index contributed by atoms with van der Waals surface area (Å²) in [6, 6.07) is 1.68. The van der Waals surface area contributed by atoms with Crippen LogP contribution in [0.1, 0.15) is 62.6 Å². The summed E-state index contributed by atoms with van der Waals surface area (Å²) in [5, 5.41) is 1.81. The average Bonchev–Trinajstić information content (AvgIpc) is 3.15. The lowest BCUT2D eigenvalue weighted by atomic mass is 9.90. The molecule has 2 aromatic rings. The maximum atomic E-state index is 12.6. The number of carbonyl (C=O) groups excluding carboxylic acids is 3. The predicted molar refractivity (Wildman–Crippen MR) is 90.9 cm³/mol. The number of fused-ring (bicyclic) bond motifs is 3. The summed E-state index contributed by atoms with van der Waals surface area (Å²) in [4.78, 5) is 39.2. The molecule has 0 fully saturated rings. The van der Waals surface area contributed by atoms with Crippen LogP contribution in [0.15, 0.2) is 11.4 Å². The van der Waals surface area contributed by atoms with E-state index in [1.54, 1.807) is 18.4 Å². The number of thiophene rings is 2. The van der Waals surface area contributed by atoms with Crippen LogP contribution in [0.25, 0.3) is 9.75 Å². The number of carbonyl (C=O) groups is 3. The van der Waals surface area contributed by atoms with Crippen molar-refractivity contribution in [3.05, 3.63) is 33.0 Å². The molecule has 1 aliphatic carbocycles. The minimum atomic E-state index is -0.496. The van der Waals surface area contributed by atoms with Gasteiger partial charge in [-0.05, 0) is 36.8 Å². The van der Waals surface area contributed by atoms with Crippen LogP contribution in [0.2, 0.25) is 0 Å². The zero-order valence-corrected chi connectivity index (χ0v) is 14.6. The lowest BCUT2D eigenvalue weighted by Crippen LogP contribution is -2.20. The van der Waals surface area contributed by atoms with Gasteiger partial charge in [0.05, 0.1) is 16.4 Å². The van der Waals surface area contributed by atoms with Gasteiger partial charge in [-0.25, -0.2) is 4.79 Å². The highest BCUT2D eigenvalue weighted by molar-refractivity contribution is 7.23. The van der Waals surface area contributed by atoms with Crippen molar-refractivity contribution in [1.29, 1.82) is 0 Å². The van der Waals surface area contributed by atoms with Crippen LogP contribution in [0, 0.1) is 0 Å². The summed E-state index contributed by atoms with van der Waals surface area (Å²) < 4.78 is 5.14. The number of esters is 1. The first kappa shape index (κ1) is 16.1. The number of rotatable bonds is 5. The molecule has 1 aliphatic rings. The molecule has 3 rings (SSSR count). The van der Waals surface area contributed by atoms with Crippen LogP contribution in [0.5, 0.6) is 0 Å². The Morgan fingerprint density at radius 3 is 2.65 bits per heavy atom. The van der Waals surface area contributed by atoms with Crippen molar-refractivity contribution in [2.75, 3.05) is 6.61 Å². The smallest absolute Gasteiger partial charge is 0.348 e. The molecular weight excluding hydrogens is 332 g/mol. The third-order valence-corrected chi connectivity index (χ3v) is 6.09. The van der Waals surface area contributed by atoms with Crippen LogP contribution in [-0.4, -0.2) is 24.1 Å². The van der Waals surface area contributed by atoms with Gasteiger partial charge >= 0.3 is 5.97 Å². The first-order valence-electron chi connectivity index (χ1n) is 7.59. The first-order valence-corrected chi connectivity index (χ1v) is 9.29. The van der Waals surface area contributed by atoms with E-state index in [4.69, 9.17) is 4.74 Å². The van der Waals surface area contributed by atoms with Crippen molar-refractivity contribution < 1.29 is 19.1 Å².